The van der Waals surface area contributed by atoms with Crippen molar-refractivity contribution in [3.8, 4) is 5.75 Å². The number of fused-ring (bicyclic) bond motifs is 3. The highest BCUT2D eigenvalue weighted by Gasteiger charge is 2.64. The minimum atomic E-state index is -2.73. The Kier molecular flexibility index (Phi) is 6.54. The monoisotopic (exact) mass is 565 g/mol. The first-order chi connectivity index (χ1) is 19.3. The maximum atomic E-state index is 13.9. The maximum absolute atomic E-state index is 13.9. The van der Waals surface area contributed by atoms with Gasteiger partial charge in [-0.05, 0) is 50.0 Å². The number of H-pyrrole nitrogens is 1. The van der Waals surface area contributed by atoms with Crippen molar-refractivity contribution in [3.63, 3.8) is 0 Å². The number of benzene rings is 1. The van der Waals surface area contributed by atoms with Crippen LogP contribution in [0, 0.1) is 11.8 Å². The van der Waals surface area contributed by atoms with Crippen LogP contribution in [-0.2, 0) is 27.3 Å². The number of nitrogens with two attached hydrogens (primary N) is 1. The van der Waals surface area contributed by atoms with Gasteiger partial charge in [-0.2, -0.15) is 0 Å². The standard InChI is InChI=1S/C27H27N5O9/c1-32(2)20-13-6-11-5-12-10(8-29-26(40)14-7-16(34)31-9-30-14)3-4-15(33)18(12)21(35)17(11)23(37)27(13,41)24(38)19(22(20)36)25(28)39/h3-4,7,9,11,13,20,33,35,38,41H,5-6,8H2,1-2H3,(H2,28,39)(H,29,40)(H,30,31,34)/t11-,13-,20?,27-/m1/s1. The number of ketones is 2. The molecular formula is C27H27N5O9. The van der Waals surface area contributed by atoms with Crippen LogP contribution in [0.25, 0.3) is 5.76 Å². The summed E-state index contributed by atoms with van der Waals surface area (Å²) in [7, 11) is 3.03. The van der Waals surface area contributed by atoms with E-state index in [1.807, 2.05) is 0 Å². The third-order valence-electron chi connectivity index (χ3n) is 8.05. The zero-order chi connectivity index (χ0) is 30.0. The summed E-state index contributed by atoms with van der Waals surface area (Å²) in [6.07, 6.45) is 1.09. The highest BCUT2D eigenvalue weighted by Crippen LogP contribution is 2.52. The third-order valence-corrected chi connectivity index (χ3v) is 8.05. The fourth-order valence-corrected chi connectivity index (χ4v) is 6.23. The summed E-state index contributed by atoms with van der Waals surface area (Å²) in [5.41, 5.74) is 1.60. The van der Waals surface area contributed by atoms with Crippen LogP contribution in [0.5, 0.6) is 5.75 Å². The van der Waals surface area contributed by atoms with Gasteiger partial charge in [0.1, 0.15) is 28.5 Å². The summed E-state index contributed by atoms with van der Waals surface area (Å²) in [6, 6.07) is 2.62. The number of primary amides is 1. The highest BCUT2D eigenvalue weighted by atomic mass is 16.3. The van der Waals surface area contributed by atoms with E-state index in [0.717, 1.165) is 12.4 Å². The molecule has 1 saturated carbocycles. The Morgan fingerprint density at radius 3 is 2.54 bits per heavy atom. The molecule has 0 spiro atoms. The van der Waals surface area contributed by atoms with Crippen molar-refractivity contribution in [1.29, 1.82) is 0 Å². The van der Waals surface area contributed by atoms with E-state index in [1.165, 1.54) is 31.1 Å². The number of hydrogen-bond acceptors (Lipinski definition) is 11. The molecule has 14 heteroatoms. The van der Waals surface area contributed by atoms with Crippen molar-refractivity contribution in [1.82, 2.24) is 20.2 Å². The van der Waals surface area contributed by atoms with Gasteiger partial charge in [-0.3, -0.25) is 28.9 Å². The SMILES string of the molecule is CN(C)C1C(=O)C(C(N)=O)=C(O)[C@]2(O)C(=O)C3=C(O)c4c(O)ccc(CNC(=O)c5cc(=O)[nH]cn5)c4C[C@@H]3C[C@H]12. The summed E-state index contributed by atoms with van der Waals surface area (Å²) in [4.78, 5) is 70.8. The van der Waals surface area contributed by atoms with Crippen LogP contribution in [0.1, 0.15) is 33.6 Å². The van der Waals surface area contributed by atoms with E-state index in [4.69, 9.17) is 5.73 Å². The minimum Gasteiger partial charge on any atom is -0.508 e. The van der Waals surface area contributed by atoms with Gasteiger partial charge in [-0.25, -0.2) is 4.98 Å². The number of aliphatic hydroxyl groups is 3. The molecular weight excluding hydrogens is 538 g/mol. The Balaban J connectivity index is 1.58. The molecule has 5 rings (SSSR count). The van der Waals surface area contributed by atoms with Gasteiger partial charge in [0.2, 0.25) is 5.78 Å². The number of carbonyl (C=O) groups is 4. The first kappa shape index (κ1) is 27.7. The number of amides is 2. The molecule has 1 fully saturated rings. The number of phenolic OH excluding ortho intramolecular Hbond substituents is 1. The van der Waals surface area contributed by atoms with Crippen molar-refractivity contribution in [2.24, 2.45) is 17.6 Å². The second-order valence-corrected chi connectivity index (χ2v) is 10.5. The lowest BCUT2D eigenvalue weighted by Gasteiger charge is -2.50. The molecule has 0 radical (unpaired) electrons. The molecule has 4 atom stereocenters. The summed E-state index contributed by atoms with van der Waals surface area (Å²) >= 11 is 0. The molecule has 14 nitrogen and oxygen atoms in total. The molecule has 2 aromatic rings. The quantitative estimate of drug-likeness (QED) is 0.217. The number of aromatic hydroxyl groups is 1. The largest absolute Gasteiger partial charge is 0.508 e. The first-order valence-electron chi connectivity index (χ1n) is 12.6. The van der Waals surface area contributed by atoms with Gasteiger partial charge < -0.3 is 36.5 Å². The lowest BCUT2D eigenvalue weighted by Crippen LogP contribution is -2.65. The number of rotatable bonds is 5. The van der Waals surface area contributed by atoms with Gasteiger partial charge in [-0.1, -0.05) is 6.07 Å². The molecule has 41 heavy (non-hydrogen) atoms. The van der Waals surface area contributed by atoms with Crippen LogP contribution in [0.15, 0.2) is 46.2 Å². The summed E-state index contributed by atoms with van der Waals surface area (Å²) in [5.74, 6) is -8.05. The number of hydrogen-bond donors (Lipinski definition) is 7. The molecule has 3 aliphatic carbocycles. The average Bonchev–Trinajstić information content (AvgIpc) is 2.89. The van der Waals surface area contributed by atoms with Crippen molar-refractivity contribution < 1.29 is 39.6 Å². The number of aromatic amines is 1. The minimum absolute atomic E-state index is 0.0655. The van der Waals surface area contributed by atoms with E-state index in [9.17, 15) is 44.4 Å². The highest BCUT2D eigenvalue weighted by molar-refractivity contribution is 6.24. The van der Waals surface area contributed by atoms with E-state index in [1.54, 1.807) is 0 Å². The number of nitrogens with zero attached hydrogens (tertiary/aromatic N) is 2. The van der Waals surface area contributed by atoms with E-state index in [0.29, 0.717) is 11.1 Å². The maximum Gasteiger partial charge on any atom is 0.270 e. The zero-order valence-electron chi connectivity index (χ0n) is 22.0. The molecule has 8 N–H and O–H groups in total. The van der Waals surface area contributed by atoms with E-state index < -0.39 is 69.5 Å². The third kappa shape index (κ3) is 4.10. The van der Waals surface area contributed by atoms with Crippen LogP contribution in [0.2, 0.25) is 0 Å². The smallest absolute Gasteiger partial charge is 0.270 e. The number of carbonyl (C=O) groups excluding carboxylic acids is 4. The average molecular weight is 566 g/mol. The van der Waals surface area contributed by atoms with Gasteiger partial charge in [0.15, 0.2) is 11.4 Å². The number of aliphatic hydroxyl groups excluding tert-OH is 2. The lowest BCUT2D eigenvalue weighted by atomic mass is 9.57. The van der Waals surface area contributed by atoms with Crippen LogP contribution in [0.4, 0.5) is 0 Å². The Bertz CT molecular complexity index is 1660. The predicted molar refractivity (Wildman–Crippen MR) is 140 cm³/mol. The lowest BCUT2D eigenvalue weighted by molar-refractivity contribution is -0.153. The Morgan fingerprint density at radius 1 is 1.20 bits per heavy atom. The zero-order valence-corrected chi connectivity index (χ0v) is 22.0. The van der Waals surface area contributed by atoms with E-state index in [2.05, 4.69) is 15.3 Å². The number of phenols is 1. The predicted octanol–water partition coefficient (Wildman–Crippen LogP) is -1.02. The van der Waals surface area contributed by atoms with Crippen LogP contribution in [-0.4, -0.2) is 84.4 Å². The molecule has 3 aliphatic rings. The van der Waals surface area contributed by atoms with Gasteiger partial charge in [0.25, 0.3) is 17.4 Å². The topological polar surface area (TPSA) is 236 Å². The van der Waals surface area contributed by atoms with Gasteiger partial charge in [-0.15, -0.1) is 0 Å². The number of aromatic nitrogens is 2. The van der Waals surface area contributed by atoms with Crippen molar-refractivity contribution in [2.45, 2.75) is 31.0 Å². The fourth-order valence-electron chi connectivity index (χ4n) is 6.23. The summed E-state index contributed by atoms with van der Waals surface area (Å²) in [5, 5.41) is 47.1. The molecule has 1 aromatic heterocycles. The summed E-state index contributed by atoms with van der Waals surface area (Å²) in [6.45, 7) is -0.0864. The van der Waals surface area contributed by atoms with Crippen molar-refractivity contribution in [2.75, 3.05) is 14.1 Å². The number of Topliss-reactive ketones (excluding diaryl/α,β-unsaturated/α-hetero) is 2. The molecule has 214 valence electrons. The molecule has 2 amide bonds. The normalized spacial score (nSPS) is 25.5. The molecule has 0 aliphatic heterocycles. The summed E-state index contributed by atoms with van der Waals surface area (Å²) < 4.78 is 0. The fraction of sp³-hybridized carbons (Fsp3) is 0.333. The van der Waals surface area contributed by atoms with Gasteiger partial charge >= 0.3 is 0 Å². The van der Waals surface area contributed by atoms with Crippen LogP contribution in [0.3, 0.4) is 0 Å². The number of nitrogens with one attached hydrogen (secondary N) is 2. The Morgan fingerprint density at radius 2 is 1.90 bits per heavy atom. The van der Waals surface area contributed by atoms with E-state index >= 15 is 0 Å². The van der Waals surface area contributed by atoms with Crippen molar-refractivity contribution in [3.05, 3.63) is 74.2 Å². The van der Waals surface area contributed by atoms with Gasteiger partial charge in [0, 0.05) is 24.1 Å². The van der Waals surface area contributed by atoms with Crippen molar-refractivity contribution >= 4 is 29.1 Å². The molecule has 0 saturated heterocycles. The van der Waals surface area contributed by atoms with E-state index in [-0.39, 0.29) is 42.0 Å². The molecule has 1 heterocycles. The molecule has 0 bridgehead atoms. The molecule has 1 aromatic carbocycles. The number of likely N-dealkylation sites (N-methyl/N-ethyl adjacent to an activating group) is 1. The second kappa shape index (κ2) is 9.67. The molecule has 1 unspecified atom stereocenters. The van der Waals surface area contributed by atoms with Crippen LogP contribution < -0.4 is 16.6 Å². The first-order valence-corrected chi connectivity index (χ1v) is 12.6. The van der Waals surface area contributed by atoms with Gasteiger partial charge in [0.05, 0.1) is 17.9 Å². The second-order valence-electron chi connectivity index (χ2n) is 10.5. The van der Waals surface area contributed by atoms with Crippen LogP contribution >= 0.6 is 0 Å². The Hall–Kier alpha value is -4.82. The Labute approximate surface area is 231 Å².